The summed E-state index contributed by atoms with van der Waals surface area (Å²) in [5, 5.41) is 2.95. The molecule has 6 heteroatoms. The summed E-state index contributed by atoms with van der Waals surface area (Å²) in [7, 11) is 3.99. The van der Waals surface area contributed by atoms with Gasteiger partial charge in [0, 0.05) is 37.7 Å². The standard InChI is InChI=1S/C19H26N4O2/c1-4-25-18-9-7-17(8-10-18)21-19(24)23(13-12-22(2)3)15-16-6-5-11-20-14-16/h5-11,14H,4,12-13,15H2,1-3H3,(H,21,24). The van der Waals surface area contributed by atoms with E-state index in [1.807, 2.05) is 57.4 Å². The number of hydrogen-bond acceptors (Lipinski definition) is 4. The van der Waals surface area contributed by atoms with Crippen LogP contribution in [0.25, 0.3) is 0 Å². The lowest BCUT2D eigenvalue weighted by Crippen LogP contribution is -2.39. The van der Waals surface area contributed by atoms with E-state index in [1.54, 1.807) is 17.3 Å². The lowest BCUT2D eigenvalue weighted by Gasteiger charge is -2.24. The molecular formula is C19H26N4O2. The number of carbonyl (C=O) groups excluding carboxylic acids is 1. The number of likely N-dealkylation sites (N-methyl/N-ethyl adjacent to an activating group) is 1. The van der Waals surface area contributed by atoms with Gasteiger partial charge in [0.1, 0.15) is 5.75 Å². The number of rotatable bonds is 8. The van der Waals surface area contributed by atoms with E-state index in [-0.39, 0.29) is 6.03 Å². The third-order valence-corrected chi connectivity index (χ3v) is 3.62. The minimum atomic E-state index is -0.130. The van der Waals surface area contributed by atoms with Crippen LogP contribution in [0.2, 0.25) is 0 Å². The van der Waals surface area contributed by atoms with Crippen LogP contribution in [0, 0.1) is 0 Å². The van der Waals surface area contributed by atoms with Gasteiger partial charge in [-0.2, -0.15) is 0 Å². The Labute approximate surface area is 149 Å². The van der Waals surface area contributed by atoms with Gasteiger partial charge in [-0.1, -0.05) is 6.07 Å². The molecule has 0 aliphatic carbocycles. The van der Waals surface area contributed by atoms with E-state index in [2.05, 4.69) is 15.2 Å². The lowest BCUT2D eigenvalue weighted by atomic mass is 10.2. The van der Waals surface area contributed by atoms with Crippen molar-refractivity contribution < 1.29 is 9.53 Å². The number of ether oxygens (including phenoxy) is 1. The molecule has 0 bridgehead atoms. The van der Waals surface area contributed by atoms with E-state index in [4.69, 9.17) is 4.74 Å². The minimum Gasteiger partial charge on any atom is -0.494 e. The Morgan fingerprint density at radius 3 is 2.52 bits per heavy atom. The highest BCUT2D eigenvalue weighted by Gasteiger charge is 2.14. The fraction of sp³-hybridized carbons (Fsp3) is 0.368. The van der Waals surface area contributed by atoms with Crippen LogP contribution in [-0.4, -0.2) is 54.6 Å². The Morgan fingerprint density at radius 1 is 1.16 bits per heavy atom. The van der Waals surface area contributed by atoms with Crippen LogP contribution in [-0.2, 0) is 6.54 Å². The Balaban J connectivity index is 2.02. The zero-order valence-electron chi connectivity index (χ0n) is 15.1. The summed E-state index contributed by atoms with van der Waals surface area (Å²) >= 11 is 0. The molecule has 0 unspecified atom stereocenters. The first-order valence-corrected chi connectivity index (χ1v) is 8.41. The summed E-state index contributed by atoms with van der Waals surface area (Å²) < 4.78 is 5.42. The number of nitrogens with one attached hydrogen (secondary N) is 1. The molecule has 0 saturated carbocycles. The van der Waals surface area contributed by atoms with Crippen molar-refractivity contribution in [1.29, 1.82) is 0 Å². The van der Waals surface area contributed by atoms with Crippen molar-refractivity contribution in [3.05, 3.63) is 54.4 Å². The van der Waals surface area contributed by atoms with E-state index in [1.165, 1.54) is 0 Å². The molecular weight excluding hydrogens is 316 g/mol. The van der Waals surface area contributed by atoms with Crippen molar-refractivity contribution in [2.75, 3.05) is 39.1 Å². The lowest BCUT2D eigenvalue weighted by molar-refractivity contribution is 0.202. The van der Waals surface area contributed by atoms with Gasteiger partial charge in [-0.25, -0.2) is 4.79 Å². The molecule has 1 heterocycles. The number of carbonyl (C=O) groups is 1. The molecule has 2 rings (SSSR count). The highest BCUT2D eigenvalue weighted by molar-refractivity contribution is 5.89. The molecule has 6 nitrogen and oxygen atoms in total. The van der Waals surface area contributed by atoms with Crippen LogP contribution in [0.4, 0.5) is 10.5 Å². The van der Waals surface area contributed by atoms with Crippen molar-refractivity contribution in [3.63, 3.8) is 0 Å². The van der Waals surface area contributed by atoms with Gasteiger partial charge in [0.25, 0.3) is 0 Å². The molecule has 0 saturated heterocycles. The summed E-state index contributed by atoms with van der Waals surface area (Å²) in [6.45, 7) is 4.50. The first-order valence-electron chi connectivity index (χ1n) is 8.41. The maximum Gasteiger partial charge on any atom is 0.322 e. The Morgan fingerprint density at radius 2 is 1.92 bits per heavy atom. The number of nitrogens with zero attached hydrogens (tertiary/aromatic N) is 3. The highest BCUT2D eigenvalue weighted by atomic mass is 16.5. The molecule has 2 aromatic rings. The van der Waals surface area contributed by atoms with Crippen LogP contribution in [0.15, 0.2) is 48.8 Å². The molecule has 0 fully saturated rings. The molecule has 0 spiro atoms. The third kappa shape index (κ3) is 6.43. The zero-order valence-corrected chi connectivity index (χ0v) is 15.1. The largest absolute Gasteiger partial charge is 0.494 e. The van der Waals surface area contributed by atoms with Gasteiger partial charge in [-0.3, -0.25) is 4.98 Å². The average Bonchev–Trinajstić information content (AvgIpc) is 2.61. The molecule has 2 amide bonds. The van der Waals surface area contributed by atoms with Crippen molar-refractivity contribution in [2.45, 2.75) is 13.5 Å². The van der Waals surface area contributed by atoms with Crippen molar-refractivity contribution in [2.24, 2.45) is 0 Å². The molecule has 1 aromatic heterocycles. The average molecular weight is 342 g/mol. The summed E-state index contributed by atoms with van der Waals surface area (Å²) in [5.74, 6) is 0.792. The summed E-state index contributed by atoms with van der Waals surface area (Å²) in [5.41, 5.74) is 1.75. The topological polar surface area (TPSA) is 57.7 Å². The van der Waals surface area contributed by atoms with Crippen molar-refractivity contribution in [1.82, 2.24) is 14.8 Å². The van der Waals surface area contributed by atoms with Gasteiger partial charge >= 0.3 is 6.03 Å². The Kier molecular flexibility index (Phi) is 7.22. The fourth-order valence-electron chi connectivity index (χ4n) is 2.29. The van der Waals surface area contributed by atoms with Gasteiger partial charge in [0.15, 0.2) is 0 Å². The zero-order chi connectivity index (χ0) is 18.1. The monoisotopic (exact) mass is 342 g/mol. The number of anilines is 1. The number of hydrogen-bond donors (Lipinski definition) is 1. The van der Waals surface area contributed by atoms with Crippen LogP contribution >= 0.6 is 0 Å². The van der Waals surface area contributed by atoms with E-state index >= 15 is 0 Å². The normalized spacial score (nSPS) is 10.6. The molecule has 0 aliphatic heterocycles. The first-order chi connectivity index (χ1) is 12.1. The van der Waals surface area contributed by atoms with Crippen LogP contribution in [0.5, 0.6) is 5.75 Å². The molecule has 0 aliphatic rings. The van der Waals surface area contributed by atoms with Gasteiger partial charge in [-0.15, -0.1) is 0 Å². The van der Waals surface area contributed by atoms with E-state index in [9.17, 15) is 4.79 Å². The predicted molar refractivity (Wildman–Crippen MR) is 99.8 cm³/mol. The van der Waals surface area contributed by atoms with Crippen LogP contribution in [0.1, 0.15) is 12.5 Å². The summed E-state index contributed by atoms with van der Waals surface area (Å²) in [4.78, 5) is 20.6. The highest BCUT2D eigenvalue weighted by Crippen LogP contribution is 2.16. The second-order valence-electron chi connectivity index (χ2n) is 5.97. The molecule has 1 aromatic carbocycles. The van der Waals surface area contributed by atoms with Crippen LogP contribution in [0.3, 0.4) is 0 Å². The smallest absolute Gasteiger partial charge is 0.322 e. The number of amides is 2. The number of benzene rings is 1. The van der Waals surface area contributed by atoms with Crippen molar-refractivity contribution in [3.8, 4) is 5.75 Å². The van der Waals surface area contributed by atoms with E-state index in [0.29, 0.717) is 19.7 Å². The van der Waals surface area contributed by atoms with Gasteiger partial charge < -0.3 is 19.9 Å². The van der Waals surface area contributed by atoms with E-state index < -0.39 is 0 Å². The fourth-order valence-corrected chi connectivity index (χ4v) is 2.29. The van der Waals surface area contributed by atoms with Gasteiger partial charge in [0.05, 0.1) is 6.61 Å². The third-order valence-electron chi connectivity index (χ3n) is 3.62. The Hall–Kier alpha value is -2.60. The summed E-state index contributed by atoms with van der Waals surface area (Å²) in [6, 6.07) is 11.1. The second kappa shape index (κ2) is 9.64. The Bertz CT molecular complexity index is 644. The van der Waals surface area contributed by atoms with Gasteiger partial charge in [0.2, 0.25) is 0 Å². The maximum absolute atomic E-state index is 12.7. The predicted octanol–water partition coefficient (Wildman–Crippen LogP) is 3.08. The number of pyridine rings is 1. The second-order valence-corrected chi connectivity index (χ2v) is 5.97. The molecule has 25 heavy (non-hydrogen) atoms. The first kappa shape index (κ1) is 18.7. The summed E-state index contributed by atoms with van der Waals surface area (Å²) in [6.07, 6.45) is 3.51. The van der Waals surface area contributed by atoms with E-state index in [0.717, 1.165) is 23.5 Å². The molecule has 1 N–H and O–H groups in total. The SMILES string of the molecule is CCOc1ccc(NC(=O)N(CCN(C)C)Cc2cccnc2)cc1. The number of urea groups is 1. The van der Waals surface area contributed by atoms with Crippen molar-refractivity contribution >= 4 is 11.7 Å². The molecule has 0 atom stereocenters. The maximum atomic E-state index is 12.7. The quantitative estimate of drug-likeness (QED) is 0.801. The minimum absolute atomic E-state index is 0.130. The molecule has 0 radical (unpaired) electrons. The molecule has 134 valence electrons. The van der Waals surface area contributed by atoms with Crippen LogP contribution < -0.4 is 10.1 Å². The van der Waals surface area contributed by atoms with Gasteiger partial charge in [-0.05, 0) is 56.9 Å². The number of aromatic nitrogens is 1.